The average Bonchev–Trinajstić information content (AvgIpc) is 2.37. The number of anilines is 1. The minimum Gasteiger partial charge on any atom is -0.439 e. The smallest absolute Gasteiger partial charge is 0.224 e. The van der Waals surface area contributed by atoms with Crippen LogP contribution in [0.3, 0.4) is 0 Å². The fraction of sp³-hybridized carbons (Fsp3) is 0.286. The SMILES string of the molecule is CCNc1cc(Oc2cccc(S(C)(=O)=O)c2)nc(C)n1. The lowest BCUT2D eigenvalue weighted by Crippen LogP contribution is -2.03. The zero-order valence-corrected chi connectivity index (χ0v) is 12.9. The molecule has 0 aliphatic rings. The van der Waals surface area contributed by atoms with E-state index in [9.17, 15) is 8.42 Å². The number of ether oxygens (including phenoxy) is 1. The average molecular weight is 307 g/mol. The largest absolute Gasteiger partial charge is 0.439 e. The van der Waals surface area contributed by atoms with E-state index in [1.54, 1.807) is 25.1 Å². The predicted molar refractivity (Wildman–Crippen MR) is 80.6 cm³/mol. The molecule has 6 nitrogen and oxygen atoms in total. The third kappa shape index (κ3) is 4.16. The molecule has 1 aromatic carbocycles. The summed E-state index contributed by atoms with van der Waals surface area (Å²) >= 11 is 0. The zero-order valence-electron chi connectivity index (χ0n) is 12.1. The standard InChI is InChI=1S/C14H17N3O3S/c1-4-15-13-9-14(17-10(2)16-13)20-11-6-5-7-12(8-11)21(3,18)19/h5-9H,4H2,1-3H3,(H,15,16,17). The number of benzene rings is 1. The van der Waals surface area contributed by atoms with Crippen LogP contribution in [0.2, 0.25) is 0 Å². The summed E-state index contributed by atoms with van der Waals surface area (Å²) in [5.41, 5.74) is 0. The lowest BCUT2D eigenvalue weighted by Gasteiger charge is -2.09. The summed E-state index contributed by atoms with van der Waals surface area (Å²) in [6.45, 7) is 4.47. The van der Waals surface area contributed by atoms with Gasteiger partial charge in [-0.2, -0.15) is 4.98 Å². The maximum atomic E-state index is 11.5. The van der Waals surface area contributed by atoms with Crippen molar-refractivity contribution in [2.45, 2.75) is 18.7 Å². The predicted octanol–water partition coefficient (Wildman–Crippen LogP) is 2.41. The van der Waals surface area contributed by atoms with Gasteiger partial charge in [-0.1, -0.05) is 6.07 Å². The van der Waals surface area contributed by atoms with E-state index in [0.29, 0.717) is 23.3 Å². The Balaban J connectivity index is 2.30. The van der Waals surface area contributed by atoms with Gasteiger partial charge < -0.3 is 10.1 Å². The molecule has 1 heterocycles. The van der Waals surface area contributed by atoms with Gasteiger partial charge >= 0.3 is 0 Å². The lowest BCUT2D eigenvalue weighted by molar-refractivity contribution is 0.458. The van der Waals surface area contributed by atoms with Crippen LogP contribution in [0.4, 0.5) is 5.82 Å². The third-order valence-electron chi connectivity index (χ3n) is 2.63. The van der Waals surface area contributed by atoms with Crippen molar-refractivity contribution in [3.05, 3.63) is 36.2 Å². The number of rotatable bonds is 5. The molecule has 0 unspecified atom stereocenters. The van der Waals surface area contributed by atoms with Crippen LogP contribution in [0, 0.1) is 6.92 Å². The first kappa shape index (κ1) is 15.2. The Morgan fingerprint density at radius 3 is 2.67 bits per heavy atom. The summed E-state index contributed by atoms with van der Waals surface area (Å²) in [5, 5.41) is 3.08. The summed E-state index contributed by atoms with van der Waals surface area (Å²) in [6.07, 6.45) is 1.16. The molecule has 2 aromatic rings. The minimum atomic E-state index is -3.27. The molecule has 2 rings (SSSR count). The molecule has 0 atom stereocenters. The van der Waals surface area contributed by atoms with E-state index in [-0.39, 0.29) is 4.90 Å². The molecule has 0 saturated heterocycles. The number of sulfone groups is 1. The molecule has 1 aromatic heterocycles. The Morgan fingerprint density at radius 2 is 2.00 bits per heavy atom. The van der Waals surface area contributed by atoms with Crippen molar-refractivity contribution < 1.29 is 13.2 Å². The van der Waals surface area contributed by atoms with Gasteiger partial charge in [0.25, 0.3) is 0 Å². The highest BCUT2D eigenvalue weighted by atomic mass is 32.2. The molecule has 0 spiro atoms. The number of aromatic nitrogens is 2. The van der Waals surface area contributed by atoms with E-state index in [0.717, 1.165) is 12.8 Å². The van der Waals surface area contributed by atoms with Crippen LogP contribution < -0.4 is 10.1 Å². The van der Waals surface area contributed by atoms with Crippen molar-refractivity contribution in [2.24, 2.45) is 0 Å². The van der Waals surface area contributed by atoms with Gasteiger partial charge in [0.1, 0.15) is 17.4 Å². The second-order valence-electron chi connectivity index (χ2n) is 4.52. The summed E-state index contributed by atoms with van der Waals surface area (Å²) in [6, 6.07) is 7.98. The van der Waals surface area contributed by atoms with Crippen LogP contribution >= 0.6 is 0 Å². The molecule has 0 bridgehead atoms. The van der Waals surface area contributed by atoms with Crippen LogP contribution in [0.5, 0.6) is 11.6 Å². The summed E-state index contributed by atoms with van der Waals surface area (Å²) in [4.78, 5) is 8.61. The van der Waals surface area contributed by atoms with Crippen molar-refractivity contribution in [2.75, 3.05) is 18.1 Å². The van der Waals surface area contributed by atoms with Gasteiger partial charge in [-0.3, -0.25) is 0 Å². The fourth-order valence-electron chi connectivity index (χ4n) is 1.75. The molecule has 0 aliphatic heterocycles. The van der Waals surface area contributed by atoms with E-state index < -0.39 is 9.84 Å². The quantitative estimate of drug-likeness (QED) is 0.913. The first-order chi connectivity index (χ1) is 9.88. The molecule has 1 N–H and O–H groups in total. The van der Waals surface area contributed by atoms with E-state index >= 15 is 0 Å². The Morgan fingerprint density at radius 1 is 1.24 bits per heavy atom. The normalized spacial score (nSPS) is 11.2. The van der Waals surface area contributed by atoms with Gasteiger partial charge in [0.15, 0.2) is 9.84 Å². The van der Waals surface area contributed by atoms with E-state index in [1.165, 1.54) is 12.1 Å². The second-order valence-corrected chi connectivity index (χ2v) is 6.53. The Bertz CT molecular complexity index is 745. The van der Waals surface area contributed by atoms with Crippen molar-refractivity contribution in [1.82, 2.24) is 9.97 Å². The highest BCUT2D eigenvalue weighted by molar-refractivity contribution is 7.90. The molecule has 0 aliphatic carbocycles. The summed E-state index contributed by atoms with van der Waals surface area (Å²) < 4.78 is 28.7. The molecule has 21 heavy (non-hydrogen) atoms. The topological polar surface area (TPSA) is 81.2 Å². The molecule has 0 saturated carbocycles. The Kier molecular flexibility index (Phi) is 4.42. The zero-order chi connectivity index (χ0) is 15.5. The van der Waals surface area contributed by atoms with Gasteiger partial charge in [-0.25, -0.2) is 13.4 Å². The van der Waals surface area contributed by atoms with Crippen LogP contribution in [0.15, 0.2) is 35.2 Å². The molecule has 0 amide bonds. The van der Waals surface area contributed by atoms with E-state index in [1.807, 2.05) is 6.92 Å². The maximum absolute atomic E-state index is 11.5. The van der Waals surface area contributed by atoms with Crippen LogP contribution in [-0.4, -0.2) is 31.2 Å². The van der Waals surface area contributed by atoms with Gasteiger partial charge in [-0.15, -0.1) is 0 Å². The maximum Gasteiger partial charge on any atom is 0.224 e. The van der Waals surface area contributed by atoms with E-state index in [4.69, 9.17) is 4.74 Å². The van der Waals surface area contributed by atoms with Crippen molar-refractivity contribution in [3.63, 3.8) is 0 Å². The molecular weight excluding hydrogens is 290 g/mol. The number of hydrogen-bond acceptors (Lipinski definition) is 6. The number of nitrogens with one attached hydrogen (secondary N) is 1. The van der Waals surface area contributed by atoms with Crippen molar-refractivity contribution in [3.8, 4) is 11.6 Å². The molecule has 0 radical (unpaired) electrons. The fourth-order valence-corrected chi connectivity index (χ4v) is 2.41. The molecule has 112 valence electrons. The monoisotopic (exact) mass is 307 g/mol. The summed E-state index contributed by atoms with van der Waals surface area (Å²) in [7, 11) is -3.27. The lowest BCUT2D eigenvalue weighted by atomic mass is 10.3. The van der Waals surface area contributed by atoms with Gasteiger partial charge in [0.2, 0.25) is 5.88 Å². The number of aryl methyl sites for hydroxylation is 1. The first-order valence-corrected chi connectivity index (χ1v) is 8.35. The Hall–Kier alpha value is -2.15. The second kappa shape index (κ2) is 6.09. The first-order valence-electron chi connectivity index (χ1n) is 6.46. The highest BCUT2D eigenvalue weighted by Gasteiger charge is 2.09. The van der Waals surface area contributed by atoms with Gasteiger partial charge in [-0.05, 0) is 32.0 Å². The van der Waals surface area contributed by atoms with Crippen molar-refractivity contribution in [1.29, 1.82) is 0 Å². The van der Waals surface area contributed by atoms with Crippen LogP contribution in [-0.2, 0) is 9.84 Å². The third-order valence-corrected chi connectivity index (χ3v) is 3.74. The number of nitrogens with zero attached hydrogens (tertiary/aromatic N) is 2. The Labute approximate surface area is 124 Å². The van der Waals surface area contributed by atoms with Crippen molar-refractivity contribution >= 4 is 15.7 Å². The van der Waals surface area contributed by atoms with Crippen LogP contribution in [0.1, 0.15) is 12.7 Å². The molecular formula is C14H17N3O3S. The van der Waals surface area contributed by atoms with Crippen LogP contribution in [0.25, 0.3) is 0 Å². The minimum absolute atomic E-state index is 0.206. The van der Waals surface area contributed by atoms with Gasteiger partial charge in [0.05, 0.1) is 4.90 Å². The summed E-state index contributed by atoms with van der Waals surface area (Å²) in [5.74, 6) is 2.02. The number of hydrogen-bond donors (Lipinski definition) is 1. The highest BCUT2D eigenvalue weighted by Crippen LogP contribution is 2.24. The molecule has 0 fully saturated rings. The van der Waals surface area contributed by atoms with Gasteiger partial charge in [0, 0.05) is 18.9 Å². The van der Waals surface area contributed by atoms with E-state index in [2.05, 4.69) is 15.3 Å². The molecule has 7 heteroatoms.